The lowest BCUT2D eigenvalue weighted by atomic mass is 10.1. The van der Waals surface area contributed by atoms with Crippen LogP contribution < -0.4 is 14.9 Å². The van der Waals surface area contributed by atoms with Gasteiger partial charge in [0.25, 0.3) is 5.91 Å². The number of benzene rings is 3. The molecule has 202 valence electrons. The molecule has 0 aliphatic carbocycles. The summed E-state index contributed by atoms with van der Waals surface area (Å²) in [6, 6.07) is 20.6. The van der Waals surface area contributed by atoms with Crippen LogP contribution in [0.5, 0.6) is 11.5 Å². The molecule has 2 atom stereocenters. The van der Waals surface area contributed by atoms with Crippen LogP contribution in [0.4, 0.5) is 4.39 Å². The summed E-state index contributed by atoms with van der Waals surface area (Å²) < 4.78 is 30.7. The third-order valence-electron chi connectivity index (χ3n) is 7.15. The summed E-state index contributed by atoms with van der Waals surface area (Å²) in [6.07, 6.45) is 0. The van der Waals surface area contributed by atoms with Gasteiger partial charge in [0, 0.05) is 55.5 Å². The summed E-state index contributed by atoms with van der Waals surface area (Å²) in [7, 11) is 1.52. The zero-order valence-electron chi connectivity index (χ0n) is 22.2. The summed E-state index contributed by atoms with van der Waals surface area (Å²) >= 11 is 0. The van der Waals surface area contributed by atoms with Gasteiger partial charge in [-0.1, -0.05) is 42.5 Å². The molecule has 0 spiro atoms. The fourth-order valence-electron chi connectivity index (χ4n) is 5.02. The third kappa shape index (κ3) is 5.81. The molecule has 4 aromatic rings. The number of halogens is 1. The molecule has 1 saturated heterocycles. The first kappa shape index (κ1) is 26.4. The van der Waals surface area contributed by atoms with Gasteiger partial charge in [-0.3, -0.25) is 14.5 Å². The highest BCUT2D eigenvalue weighted by Crippen LogP contribution is 2.32. The number of fused-ring (bicyclic) bond motifs is 1. The number of hydrogen-bond donors (Lipinski definition) is 0. The van der Waals surface area contributed by atoms with Gasteiger partial charge >= 0.3 is 0 Å². The molecule has 1 aliphatic rings. The monoisotopic (exact) mass is 530 g/mol. The van der Waals surface area contributed by atoms with Crippen molar-refractivity contribution in [2.45, 2.75) is 32.5 Å². The summed E-state index contributed by atoms with van der Waals surface area (Å²) in [5.41, 5.74) is 1.85. The number of methoxy groups -OCH3 is 1. The quantitative estimate of drug-likeness (QED) is 0.331. The highest BCUT2D eigenvalue weighted by molar-refractivity contribution is 5.87. The summed E-state index contributed by atoms with van der Waals surface area (Å²) in [4.78, 5) is 30.5. The standard InChI is InChI=1S/C31H31FN2O5/c1-20-17-34(21(2)16-33(20)18-22-9-11-24(32)12-10-22)30(36)19-38-28-13-25(37-3)14-29-31(28)26(35)15-27(39-29)23-7-5-4-6-8-23/h4-15,20-21H,16-19H2,1-3H3/t20-,21+/m0/s1. The Bertz CT molecular complexity index is 1520. The van der Waals surface area contributed by atoms with Crippen molar-refractivity contribution in [3.05, 3.63) is 94.4 Å². The average Bonchev–Trinajstić information content (AvgIpc) is 2.94. The van der Waals surface area contributed by atoms with Gasteiger partial charge in [-0.2, -0.15) is 0 Å². The Hall–Kier alpha value is -4.17. The fraction of sp³-hybridized carbons (Fsp3) is 0.290. The Morgan fingerprint density at radius 1 is 1.00 bits per heavy atom. The molecule has 5 rings (SSSR count). The SMILES string of the molecule is COc1cc(OCC(=O)N2C[C@H](C)N(Cc3ccc(F)cc3)C[C@H]2C)c2c(=O)cc(-c3ccccc3)oc2c1. The molecule has 7 nitrogen and oxygen atoms in total. The van der Waals surface area contributed by atoms with Crippen molar-refractivity contribution in [3.63, 3.8) is 0 Å². The lowest BCUT2D eigenvalue weighted by Gasteiger charge is -2.44. The number of nitrogens with zero attached hydrogens (tertiary/aromatic N) is 2. The highest BCUT2D eigenvalue weighted by atomic mass is 19.1. The van der Waals surface area contributed by atoms with E-state index >= 15 is 0 Å². The highest BCUT2D eigenvalue weighted by Gasteiger charge is 2.32. The number of ether oxygens (including phenoxy) is 2. The molecule has 1 fully saturated rings. The van der Waals surface area contributed by atoms with Crippen molar-refractivity contribution in [3.8, 4) is 22.8 Å². The third-order valence-corrected chi connectivity index (χ3v) is 7.15. The number of amides is 1. The van der Waals surface area contributed by atoms with E-state index in [2.05, 4.69) is 11.8 Å². The smallest absolute Gasteiger partial charge is 0.260 e. The van der Waals surface area contributed by atoms with Gasteiger partial charge in [-0.25, -0.2) is 4.39 Å². The lowest BCUT2D eigenvalue weighted by Crippen LogP contribution is -2.58. The van der Waals surface area contributed by atoms with Crippen LogP contribution in [0, 0.1) is 5.82 Å². The Labute approximate surface area is 226 Å². The first-order valence-electron chi connectivity index (χ1n) is 12.9. The van der Waals surface area contributed by atoms with E-state index in [1.165, 1.54) is 25.3 Å². The zero-order chi connectivity index (χ0) is 27.5. The van der Waals surface area contributed by atoms with Crippen molar-refractivity contribution in [1.29, 1.82) is 0 Å². The molecular weight excluding hydrogens is 499 g/mol. The van der Waals surface area contributed by atoms with Crippen molar-refractivity contribution in [2.75, 3.05) is 26.8 Å². The molecule has 2 heterocycles. The average molecular weight is 531 g/mol. The second-order valence-electron chi connectivity index (χ2n) is 9.93. The minimum absolute atomic E-state index is 0.0432. The van der Waals surface area contributed by atoms with E-state index in [1.54, 1.807) is 24.3 Å². The normalized spacial score (nSPS) is 17.8. The van der Waals surface area contributed by atoms with Crippen LogP contribution in [0.2, 0.25) is 0 Å². The Balaban J connectivity index is 1.31. The van der Waals surface area contributed by atoms with Crippen molar-refractivity contribution in [2.24, 2.45) is 0 Å². The molecule has 8 heteroatoms. The Morgan fingerprint density at radius 2 is 1.74 bits per heavy atom. The summed E-state index contributed by atoms with van der Waals surface area (Å²) in [5, 5.41) is 0.258. The molecule has 0 saturated carbocycles. The van der Waals surface area contributed by atoms with Crippen LogP contribution in [0.25, 0.3) is 22.3 Å². The van der Waals surface area contributed by atoms with Gasteiger partial charge < -0.3 is 18.8 Å². The largest absolute Gasteiger partial charge is 0.496 e. The van der Waals surface area contributed by atoms with Crippen LogP contribution >= 0.6 is 0 Å². The van der Waals surface area contributed by atoms with E-state index in [0.717, 1.165) is 11.1 Å². The number of rotatable bonds is 7. The van der Waals surface area contributed by atoms with Gasteiger partial charge in [0.2, 0.25) is 0 Å². The minimum Gasteiger partial charge on any atom is -0.496 e. The summed E-state index contributed by atoms with van der Waals surface area (Å²) in [6.45, 7) is 5.74. The molecule has 0 N–H and O–H groups in total. The number of piperazine rings is 1. The number of carbonyl (C=O) groups excluding carboxylic acids is 1. The molecular formula is C31H31FN2O5. The molecule has 1 amide bonds. The van der Waals surface area contributed by atoms with E-state index in [1.807, 2.05) is 42.2 Å². The molecule has 0 unspecified atom stereocenters. The van der Waals surface area contributed by atoms with Gasteiger partial charge in [0.1, 0.15) is 34.0 Å². The van der Waals surface area contributed by atoms with Gasteiger partial charge in [-0.05, 0) is 31.5 Å². The van der Waals surface area contributed by atoms with Crippen LogP contribution in [-0.4, -0.2) is 54.6 Å². The van der Waals surface area contributed by atoms with E-state index in [0.29, 0.717) is 36.7 Å². The van der Waals surface area contributed by atoms with Crippen molar-refractivity contribution in [1.82, 2.24) is 9.80 Å². The number of hydrogen-bond acceptors (Lipinski definition) is 6. The molecule has 0 radical (unpaired) electrons. The maximum Gasteiger partial charge on any atom is 0.260 e. The topological polar surface area (TPSA) is 72.2 Å². The van der Waals surface area contributed by atoms with Crippen LogP contribution in [0.15, 0.2) is 82.0 Å². The van der Waals surface area contributed by atoms with Crippen LogP contribution in [-0.2, 0) is 11.3 Å². The van der Waals surface area contributed by atoms with E-state index < -0.39 is 0 Å². The van der Waals surface area contributed by atoms with E-state index in [9.17, 15) is 14.0 Å². The van der Waals surface area contributed by atoms with Gasteiger partial charge in [-0.15, -0.1) is 0 Å². The first-order valence-corrected chi connectivity index (χ1v) is 12.9. The lowest BCUT2D eigenvalue weighted by molar-refractivity contribution is -0.139. The number of carbonyl (C=O) groups is 1. The molecule has 1 aliphatic heterocycles. The second-order valence-corrected chi connectivity index (χ2v) is 9.93. The fourth-order valence-corrected chi connectivity index (χ4v) is 5.02. The van der Waals surface area contributed by atoms with Gasteiger partial charge in [0.15, 0.2) is 12.0 Å². The molecule has 39 heavy (non-hydrogen) atoms. The minimum atomic E-state index is -0.267. The Kier molecular flexibility index (Phi) is 7.65. The van der Waals surface area contributed by atoms with Crippen molar-refractivity contribution < 1.29 is 23.1 Å². The summed E-state index contributed by atoms with van der Waals surface area (Å²) in [5.74, 6) is 0.701. The van der Waals surface area contributed by atoms with E-state index in [4.69, 9.17) is 13.9 Å². The first-order chi connectivity index (χ1) is 18.8. The predicted molar refractivity (Wildman–Crippen MR) is 147 cm³/mol. The van der Waals surface area contributed by atoms with Gasteiger partial charge in [0.05, 0.1) is 7.11 Å². The Morgan fingerprint density at radius 3 is 2.46 bits per heavy atom. The molecule has 1 aromatic heterocycles. The van der Waals surface area contributed by atoms with Crippen LogP contribution in [0.3, 0.4) is 0 Å². The molecule has 0 bridgehead atoms. The van der Waals surface area contributed by atoms with Crippen molar-refractivity contribution >= 4 is 16.9 Å². The predicted octanol–water partition coefficient (Wildman–Crippen LogP) is 5.11. The van der Waals surface area contributed by atoms with Crippen LogP contribution in [0.1, 0.15) is 19.4 Å². The zero-order valence-corrected chi connectivity index (χ0v) is 22.2. The van der Waals surface area contributed by atoms with E-state index in [-0.39, 0.29) is 47.0 Å². The maximum atomic E-state index is 13.3. The molecule has 3 aromatic carbocycles. The maximum absolute atomic E-state index is 13.3. The second kappa shape index (κ2) is 11.3.